The number of aryl methyl sites for hydroxylation is 1. The Hall–Kier alpha value is -2.01. The Balaban J connectivity index is 2.40. The van der Waals surface area contributed by atoms with Gasteiger partial charge in [-0.1, -0.05) is 34.8 Å². The summed E-state index contributed by atoms with van der Waals surface area (Å²) in [6.07, 6.45) is 0. The van der Waals surface area contributed by atoms with Gasteiger partial charge in [0.1, 0.15) is 11.4 Å². The number of hydrogen-bond donors (Lipinski definition) is 0. The van der Waals surface area contributed by atoms with Gasteiger partial charge in [0.25, 0.3) is 0 Å². The van der Waals surface area contributed by atoms with Crippen molar-refractivity contribution in [1.82, 2.24) is 9.78 Å². The summed E-state index contributed by atoms with van der Waals surface area (Å²) in [6, 6.07) is 12.1. The van der Waals surface area contributed by atoms with Gasteiger partial charge >= 0.3 is 0 Å². The van der Waals surface area contributed by atoms with Crippen LogP contribution in [-0.4, -0.2) is 16.9 Å². The third-order valence-corrected chi connectivity index (χ3v) is 4.47. The molecule has 0 saturated heterocycles. The second-order valence-corrected chi connectivity index (χ2v) is 6.59. The highest BCUT2D eigenvalue weighted by atomic mass is 35.5. The Kier molecular flexibility index (Phi) is 5.04. The molecule has 0 spiro atoms. The summed E-state index contributed by atoms with van der Waals surface area (Å²) >= 11 is 18.3. The standard InChI is InChI=1S/C18H13Cl3N2O2/c1-10-17(24)18(25-2)16(14-8-5-12(20)9-15(14)21)23(22-10)13-6-3-11(19)4-7-13/h3-9H,1-2H3. The van der Waals surface area contributed by atoms with E-state index in [1.54, 1.807) is 54.1 Å². The largest absolute Gasteiger partial charge is 0.491 e. The third kappa shape index (κ3) is 3.38. The minimum Gasteiger partial charge on any atom is -0.491 e. The molecule has 0 N–H and O–H groups in total. The van der Waals surface area contributed by atoms with Gasteiger partial charge in [0.15, 0.2) is 5.75 Å². The molecule has 2 aromatic carbocycles. The molecule has 3 rings (SSSR count). The summed E-state index contributed by atoms with van der Waals surface area (Å²) in [7, 11) is 1.44. The molecule has 0 atom stereocenters. The molecule has 0 aliphatic heterocycles. The summed E-state index contributed by atoms with van der Waals surface area (Å²) in [5.74, 6) is 0.159. The fourth-order valence-electron chi connectivity index (χ4n) is 2.49. The smallest absolute Gasteiger partial charge is 0.245 e. The Morgan fingerprint density at radius 1 is 1.00 bits per heavy atom. The molecule has 0 aliphatic rings. The van der Waals surface area contributed by atoms with E-state index in [9.17, 15) is 4.79 Å². The highest BCUT2D eigenvalue weighted by molar-refractivity contribution is 6.36. The second-order valence-electron chi connectivity index (χ2n) is 5.31. The summed E-state index contributed by atoms with van der Waals surface area (Å²) in [4.78, 5) is 12.5. The molecule has 0 bridgehead atoms. The zero-order valence-electron chi connectivity index (χ0n) is 13.4. The SMILES string of the molecule is COc1c(-c2ccc(Cl)cc2Cl)n(-c2ccc(Cl)cc2)nc(C)c1=O. The number of nitrogens with zero attached hydrogens (tertiary/aromatic N) is 2. The summed E-state index contributed by atoms with van der Waals surface area (Å²) in [5, 5.41) is 5.89. The van der Waals surface area contributed by atoms with E-state index in [2.05, 4.69) is 5.10 Å². The molecule has 1 heterocycles. The van der Waals surface area contributed by atoms with E-state index in [0.717, 1.165) is 0 Å². The Bertz CT molecular complexity index is 998. The van der Waals surface area contributed by atoms with Gasteiger partial charge in [0.05, 0.1) is 17.8 Å². The fourth-order valence-corrected chi connectivity index (χ4v) is 3.11. The van der Waals surface area contributed by atoms with E-state index in [4.69, 9.17) is 39.5 Å². The van der Waals surface area contributed by atoms with Crippen LogP contribution in [-0.2, 0) is 0 Å². The molecule has 0 unspecified atom stereocenters. The molecule has 4 nitrogen and oxygen atoms in total. The van der Waals surface area contributed by atoms with Crippen LogP contribution in [0.4, 0.5) is 0 Å². The van der Waals surface area contributed by atoms with Crippen LogP contribution in [0.3, 0.4) is 0 Å². The number of methoxy groups -OCH3 is 1. The van der Waals surface area contributed by atoms with Crippen molar-refractivity contribution in [2.45, 2.75) is 6.92 Å². The first kappa shape index (κ1) is 17.8. The fraction of sp³-hybridized carbons (Fsp3) is 0.111. The highest BCUT2D eigenvalue weighted by Gasteiger charge is 2.21. The van der Waals surface area contributed by atoms with Crippen molar-refractivity contribution in [2.24, 2.45) is 0 Å². The van der Waals surface area contributed by atoms with Crippen LogP contribution in [0.15, 0.2) is 47.3 Å². The zero-order chi connectivity index (χ0) is 18.1. The van der Waals surface area contributed by atoms with Crippen molar-refractivity contribution in [3.8, 4) is 22.7 Å². The molecule has 0 aliphatic carbocycles. The molecule has 25 heavy (non-hydrogen) atoms. The highest BCUT2D eigenvalue weighted by Crippen LogP contribution is 2.35. The Morgan fingerprint density at radius 2 is 1.64 bits per heavy atom. The van der Waals surface area contributed by atoms with E-state index in [1.165, 1.54) is 7.11 Å². The normalized spacial score (nSPS) is 10.8. The molecule has 7 heteroatoms. The molecule has 0 fully saturated rings. The first-order valence-corrected chi connectivity index (χ1v) is 8.45. The van der Waals surface area contributed by atoms with E-state index >= 15 is 0 Å². The van der Waals surface area contributed by atoms with Crippen LogP contribution in [0.2, 0.25) is 15.1 Å². The molecule has 0 saturated carbocycles. The van der Waals surface area contributed by atoms with Gasteiger partial charge in [-0.25, -0.2) is 4.68 Å². The second kappa shape index (κ2) is 7.08. The molecular weight excluding hydrogens is 383 g/mol. The average Bonchev–Trinajstić information content (AvgIpc) is 2.58. The van der Waals surface area contributed by atoms with Crippen LogP contribution in [0.5, 0.6) is 5.75 Å². The maximum Gasteiger partial charge on any atom is 0.245 e. The summed E-state index contributed by atoms with van der Waals surface area (Å²) in [6.45, 7) is 1.63. The minimum atomic E-state index is -0.297. The Morgan fingerprint density at radius 3 is 2.24 bits per heavy atom. The first-order valence-electron chi connectivity index (χ1n) is 7.31. The number of rotatable bonds is 3. The maximum absolute atomic E-state index is 12.5. The molecule has 0 radical (unpaired) electrons. The molecular formula is C18H13Cl3N2O2. The van der Waals surface area contributed by atoms with Crippen LogP contribution >= 0.6 is 34.8 Å². The van der Waals surface area contributed by atoms with E-state index in [0.29, 0.717) is 37.7 Å². The van der Waals surface area contributed by atoms with E-state index < -0.39 is 0 Å². The number of halogens is 3. The Labute approximate surface area is 159 Å². The van der Waals surface area contributed by atoms with Crippen molar-refractivity contribution < 1.29 is 4.74 Å². The van der Waals surface area contributed by atoms with Crippen LogP contribution in [0.25, 0.3) is 16.9 Å². The number of ether oxygens (including phenoxy) is 1. The lowest BCUT2D eigenvalue weighted by Crippen LogP contribution is -2.19. The predicted molar refractivity (Wildman–Crippen MR) is 102 cm³/mol. The van der Waals surface area contributed by atoms with Crippen molar-refractivity contribution in [3.63, 3.8) is 0 Å². The van der Waals surface area contributed by atoms with Crippen molar-refractivity contribution >= 4 is 34.8 Å². The lowest BCUT2D eigenvalue weighted by atomic mass is 10.1. The van der Waals surface area contributed by atoms with Gasteiger partial charge < -0.3 is 4.74 Å². The average molecular weight is 396 g/mol. The monoisotopic (exact) mass is 394 g/mol. The van der Waals surface area contributed by atoms with Gasteiger partial charge in [0, 0.05) is 15.6 Å². The zero-order valence-corrected chi connectivity index (χ0v) is 15.7. The molecule has 0 amide bonds. The number of aromatic nitrogens is 2. The van der Waals surface area contributed by atoms with Crippen molar-refractivity contribution in [3.05, 3.63) is 73.4 Å². The van der Waals surface area contributed by atoms with E-state index in [-0.39, 0.29) is 11.2 Å². The number of hydrogen-bond acceptors (Lipinski definition) is 3. The molecule has 128 valence electrons. The van der Waals surface area contributed by atoms with Gasteiger partial charge in [-0.15, -0.1) is 0 Å². The van der Waals surface area contributed by atoms with Crippen LogP contribution in [0, 0.1) is 6.92 Å². The predicted octanol–water partition coefficient (Wildman–Crippen LogP) is 5.18. The topological polar surface area (TPSA) is 44.1 Å². The van der Waals surface area contributed by atoms with E-state index in [1.807, 2.05) is 0 Å². The summed E-state index contributed by atoms with van der Waals surface area (Å²) < 4.78 is 7.00. The first-order chi connectivity index (χ1) is 11.9. The third-order valence-electron chi connectivity index (χ3n) is 3.67. The van der Waals surface area contributed by atoms with Crippen LogP contribution < -0.4 is 10.2 Å². The maximum atomic E-state index is 12.5. The minimum absolute atomic E-state index is 0.159. The molecule has 3 aromatic rings. The van der Waals surface area contributed by atoms with Crippen LogP contribution in [0.1, 0.15) is 5.69 Å². The number of benzene rings is 2. The molecule has 1 aromatic heterocycles. The van der Waals surface area contributed by atoms with Gasteiger partial charge in [0.2, 0.25) is 5.43 Å². The summed E-state index contributed by atoms with van der Waals surface area (Å²) in [5.41, 5.74) is 1.76. The van der Waals surface area contributed by atoms with Crippen molar-refractivity contribution in [2.75, 3.05) is 7.11 Å². The van der Waals surface area contributed by atoms with Gasteiger partial charge in [-0.05, 0) is 49.4 Å². The lowest BCUT2D eigenvalue weighted by Gasteiger charge is -2.17. The van der Waals surface area contributed by atoms with Gasteiger partial charge in [-0.2, -0.15) is 5.10 Å². The van der Waals surface area contributed by atoms with Crippen molar-refractivity contribution in [1.29, 1.82) is 0 Å². The quantitative estimate of drug-likeness (QED) is 0.614. The lowest BCUT2D eigenvalue weighted by molar-refractivity contribution is 0.406. The van der Waals surface area contributed by atoms with Gasteiger partial charge in [-0.3, -0.25) is 4.79 Å².